The molecule has 0 atom stereocenters. The normalized spacial score (nSPS) is 24.8. The summed E-state index contributed by atoms with van der Waals surface area (Å²) in [5.74, 6) is 0.927. The van der Waals surface area contributed by atoms with Crippen molar-refractivity contribution in [3.63, 3.8) is 0 Å². The Morgan fingerprint density at radius 2 is 2.13 bits per heavy atom. The van der Waals surface area contributed by atoms with Crippen molar-refractivity contribution in [2.75, 3.05) is 6.61 Å². The number of rotatable bonds is 2. The Balaban J connectivity index is 1.50. The average molecular weight is 328 g/mol. The molecular weight excluding hydrogens is 308 g/mol. The largest absolute Gasteiger partial charge is 0.493 e. The molecule has 4 nitrogen and oxygen atoms in total. The SMILES string of the molecule is O=C1N/C(=N/C2CCCCC2)S/C1=C\c1ccc2c(c1)CCO2. The Hall–Kier alpha value is -1.75. The molecule has 23 heavy (non-hydrogen) atoms. The lowest BCUT2D eigenvalue weighted by atomic mass is 9.96. The van der Waals surface area contributed by atoms with E-state index in [2.05, 4.69) is 11.4 Å². The number of aliphatic imine (C=N–C) groups is 1. The Labute approximate surface area is 140 Å². The van der Waals surface area contributed by atoms with Gasteiger partial charge >= 0.3 is 0 Å². The molecule has 120 valence electrons. The Bertz CT molecular complexity index is 690. The lowest BCUT2D eigenvalue weighted by Gasteiger charge is -2.17. The van der Waals surface area contributed by atoms with Gasteiger partial charge in [-0.2, -0.15) is 0 Å². The summed E-state index contributed by atoms with van der Waals surface area (Å²) in [6, 6.07) is 6.48. The summed E-state index contributed by atoms with van der Waals surface area (Å²) in [6.45, 7) is 0.753. The molecule has 0 unspecified atom stereocenters. The van der Waals surface area contributed by atoms with Crippen molar-refractivity contribution in [1.82, 2.24) is 5.32 Å². The minimum Gasteiger partial charge on any atom is -0.493 e. The van der Waals surface area contributed by atoms with E-state index in [1.54, 1.807) is 0 Å². The van der Waals surface area contributed by atoms with Crippen LogP contribution in [0.1, 0.15) is 43.2 Å². The quantitative estimate of drug-likeness (QED) is 0.845. The van der Waals surface area contributed by atoms with Gasteiger partial charge in [0.15, 0.2) is 5.17 Å². The molecule has 1 aliphatic carbocycles. The van der Waals surface area contributed by atoms with E-state index in [9.17, 15) is 4.79 Å². The molecule has 1 aromatic carbocycles. The third-order valence-electron chi connectivity index (χ3n) is 4.54. The van der Waals surface area contributed by atoms with Crippen molar-refractivity contribution in [2.45, 2.75) is 44.6 Å². The Morgan fingerprint density at radius 1 is 1.26 bits per heavy atom. The summed E-state index contributed by atoms with van der Waals surface area (Å²) in [5, 5.41) is 3.67. The minimum atomic E-state index is -0.0405. The van der Waals surface area contributed by atoms with E-state index in [-0.39, 0.29) is 5.91 Å². The van der Waals surface area contributed by atoms with Crippen LogP contribution in [0.15, 0.2) is 28.1 Å². The van der Waals surface area contributed by atoms with E-state index in [1.165, 1.54) is 36.6 Å². The first-order valence-corrected chi connectivity index (χ1v) is 9.14. The van der Waals surface area contributed by atoms with Gasteiger partial charge in [-0.25, -0.2) is 0 Å². The van der Waals surface area contributed by atoms with E-state index in [0.29, 0.717) is 6.04 Å². The van der Waals surface area contributed by atoms with Crippen LogP contribution in [0.5, 0.6) is 5.75 Å². The highest BCUT2D eigenvalue weighted by molar-refractivity contribution is 8.18. The number of fused-ring (bicyclic) bond motifs is 1. The Morgan fingerprint density at radius 3 is 3.00 bits per heavy atom. The number of ether oxygens (including phenoxy) is 1. The van der Waals surface area contributed by atoms with E-state index < -0.39 is 0 Å². The molecule has 4 rings (SSSR count). The molecule has 0 aromatic heterocycles. The van der Waals surface area contributed by atoms with Crippen LogP contribution < -0.4 is 10.1 Å². The van der Waals surface area contributed by atoms with Crippen LogP contribution in [0.2, 0.25) is 0 Å². The monoisotopic (exact) mass is 328 g/mol. The maximum Gasteiger partial charge on any atom is 0.264 e. The van der Waals surface area contributed by atoms with E-state index in [4.69, 9.17) is 9.73 Å². The van der Waals surface area contributed by atoms with Gasteiger partial charge in [0, 0.05) is 6.42 Å². The van der Waals surface area contributed by atoms with Crippen molar-refractivity contribution in [2.24, 2.45) is 4.99 Å². The second kappa shape index (κ2) is 6.40. The zero-order chi connectivity index (χ0) is 15.6. The Kier molecular flexibility index (Phi) is 4.12. The van der Waals surface area contributed by atoms with E-state index in [1.807, 2.05) is 18.2 Å². The fourth-order valence-electron chi connectivity index (χ4n) is 3.31. The first kappa shape index (κ1) is 14.8. The first-order valence-electron chi connectivity index (χ1n) is 8.32. The predicted molar refractivity (Wildman–Crippen MR) is 93.7 cm³/mol. The number of hydrogen-bond acceptors (Lipinski definition) is 4. The number of amides is 1. The number of thioether (sulfide) groups is 1. The van der Waals surface area contributed by atoms with Gasteiger partial charge in [-0.15, -0.1) is 0 Å². The summed E-state index contributed by atoms with van der Waals surface area (Å²) >= 11 is 1.46. The molecule has 1 N–H and O–H groups in total. The molecule has 3 aliphatic rings. The molecule has 2 aliphatic heterocycles. The maximum atomic E-state index is 12.2. The number of nitrogens with one attached hydrogen (secondary N) is 1. The zero-order valence-electron chi connectivity index (χ0n) is 13.0. The number of benzene rings is 1. The average Bonchev–Trinajstić information content (AvgIpc) is 3.15. The van der Waals surface area contributed by atoms with Gasteiger partial charge < -0.3 is 10.1 Å². The van der Waals surface area contributed by atoms with Crippen LogP contribution >= 0.6 is 11.8 Å². The highest BCUT2D eigenvalue weighted by Crippen LogP contribution is 2.31. The predicted octanol–water partition coefficient (Wildman–Crippen LogP) is 3.51. The van der Waals surface area contributed by atoms with Crippen LogP contribution in [0.4, 0.5) is 0 Å². The van der Waals surface area contributed by atoms with Crippen LogP contribution in [-0.4, -0.2) is 23.7 Å². The highest BCUT2D eigenvalue weighted by atomic mass is 32.2. The molecule has 1 saturated carbocycles. The van der Waals surface area contributed by atoms with Crippen molar-refractivity contribution < 1.29 is 9.53 Å². The third-order valence-corrected chi connectivity index (χ3v) is 5.46. The van der Waals surface area contributed by atoms with Crippen molar-refractivity contribution >= 4 is 28.9 Å². The number of carbonyl (C=O) groups excluding carboxylic acids is 1. The van der Waals surface area contributed by atoms with Crippen molar-refractivity contribution in [1.29, 1.82) is 0 Å². The first-order chi connectivity index (χ1) is 11.3. The lowest BCUT2D eigenvalue weighted by molar-refractivity contribution is -0.115. The van der Waals surface area contributed by atoms with Gasteiger partial charge in [-0.3, -0.25) is 9.79 Å². The van der Waals surface area contributed by atoms with Crippen LogP contribution in [0.3, 0.4) is 0 Å². The molecule has 0 bridgehead atoms. The highest BCUT2D eigenvalue weighted by Gasteiger charge is 2.25. The van der Waals surface area contributed by atoms with Gasteiger partial charge in [-0.05, 0) is 53.9 Å². The number of amidine groups is 1. The second-order valence-electron chi connectivity index (χ2n) is 6.26. The molecule has 0 spiro atoms. The molecule has 1 saturated heterocycles. The molecule has 5 heteroatoms. The molecular formula is C18H20N2O2S. The number of hydrogen-bond donors (Lipinski definition) is 1. The van der Waals surface area contributed by atoms with Crippen LogP contribution in [-0.2, 0) is 11.2 Å². The zero-order valence-corrected chi connectivity index (χ0v) is 13.8. The van der Waals surface area contributed by atoms with Gasteiger partial charge in [0.25, 0.3) is 5.91 Å². The fraction of sp³-hybridized carbons (Fsp3) is 0.444. The van der Waals surface area contributed by atoms with Gasteiger partial charge in [-0.1, -0.05) is 25.3 Å². The molecule has 2 heterocycles. The minimum absolute atomic E-state index is 0.0405. The number of carbonyl (C=O) groups is 1. The second-order valence-corrected chi connectivity index (χ2v) is 7.29. The lowest BCUT2D eigenvalue weighted by Crippen LogP contribution is -2.22. The fourth-order valence-corrected chi connectivity index (χ4v) is 4.20. The molecule has 1 amide bonds. The smallest absolute Gasteiger partial charge is 0.264 e. The van der Waals surface area contributed by atoms with Crippen LogP contribution in [0.25, 0.3) is 6.08 Å². The van der Waals surface area contributed by atoms with Crippen LogP contribution in [0, 0.1) is 0 Å². The summed E-state index contributed by atoms with van der Waals surface area (Å²) in [5.41, 5.74) is 2.27. The van der Waals surface area contributed by atoms with E-state index >= 15 is 0 Å². The van der Waals surface area contributed by atoms with Gasteiger partial charge in [0.05, 0.1) is 17.6 Å². The van der Waals surface area contributed by atoms with Crippen molar-refractivity contribution in [3.8, 4) is 5.75 Å². The van der Waals surface area contributed by atoms with Gasteiger partial charge in [0.1, 0.15) is 5.75 Å². The molecule has 1 aromatic rings. The van der Waals surface area contributed by atoms with Crippen molar-refractivity contribution in [3.05, 3.63) is 34.2 Å². The van der Waals surface area contributed by atoms with Gasteiger partial charge in [0.2, 0.25) is 0 Å². The number of nitrogens with zero attached hydrogens (tertiary/aromatic N) is 1. The summed E-state index contributed by atoms with van der Waals surface area (Å²) in [6.07, 6.45) is 8.99. The third kappa shape index (κ3) is 3.29. The molecule has 0 radical (unpaired) electrons. The summed E-state index contributed by atoms with van der Waals surface area (Å²) < 4.78 is 5.52. The topological polar surface area (TPSA) is 50.7 Å². The standard InChI is InChI=1S/C18H20N2O2S/c21-17-16(11-12-6-7-15-13(10-12)8-9-22-15)23-18(20-17)19-14-4-2-1-3-5-14/h6-7,10-11,14H,1-5,8-9H2,(H,19,20,21)/b16-11-. The van der Waals surface area contributed by atoms with E-state index in [0.717, 1.165) is 47.3 Å². The maximum absolute atomic E-state index is 12.2. The summed E-state index contributed by atoms with van der Waals surface area (Å²) in [7, 11) is 0. The summed E-state index contributed by atoms with van der Waals surface area (Å²) in [4.78, 5) is 17.6. The molecule has 2 fully saturated rings.